The van der Waals surface area contributed by atoms with E-state index >= 15 is 0 Å². The van der Waals surface area contributed by atoms with Gasteiger partial charge in [-0.1, -0.05) is 103 Å². The molecule has 6 heterocycles. The second kappa shape index (κ2) is 7.31. The molecule has 0 fully saturated rings. The zero-order chi connectivity index (χ0) is 30.2. The van der Waals surface area contributed by atoms with Gasteiger partial charge in [-0.3, -0.25) is 0 Å². The number of hydrogen-bond donors (Lipinski definition) is 0. The van der Waals surface area contributed by atoms with Gasteiger partial charge in [-0.15, -0.1) is 0 Å². The Labute approximate surface area is 269 Å². The minimum Gasteiger partial charge on any atom is -0.182 e. The van der Waals surface area contributed by atoms with Crippen LogP contribution >= 0.6 is 0 Å². The molecule has 4 heteroatoms. The molecule has 0 N–H and O–H groups in total. The van der Waals surface area contributed by atoms with E-state index in [4.69, 9.17) is 0 Å². The molecule has 0 saturated carbocycles. The van der Waals surface area contributed by atoms with Crippen molar-refractivity contribution in [2.75, 3.05) is 0 Å². The van der Waals surface area contributed by atoms with E-state index in [1.165, 1.54) is 94.4 Å². The number of imidazole rings is 1. The summed E-state index contributed by atoms with van der Waals surface area (Å²) in [5, 5.41) is 3.92. The molecule has 3 aliphatic heterocycles. The fraction of sp³-hybridized carbons (Fsp3) is 0.0233. The molecular formula is C43H25N4+3. The summed E-state index contributed by atoms with van der Waals surface area (Å²) in [5.41, 5.74) is 17.8. The summed E-state index contributed by atoms with van der Waals surface area (Å²) in [6.07, 6.45) is 2.30. The summed E-state index contributed by atoms with van der Waals surface area (Å²) >= 11 is 0. The van der Waals surface area contributed by atoms with Gasteiger partial charge in [-0.25, -0.2) is 0 Å². The number of nitrogens with zero attached hydrogens (tertiary/aromatic N) is 4. The lowest BCUT2D eigenvalue weighted by atomic mass is 9.64. The molecule has 4 nitrogen and oxygen atoms in total. The topological polar surface area (TPSA) is 12.2 Å². The van der Waals surface area contributed by atoms with Gasteiger partial charge in [0.05, 0.1) is 5.41 Å². The monoisotopic (exact) mass is 597 g/mol. The summed E-state index contributed by atoms with van der Waals surface area (Å²) in [6, 6.07) is 54.9. The Morgan fingerprint density at radius 1 is 0.489 bits per heavy atom. The summed E-state index contributed by atoms with van der Waals surface area (Å²) in [5.74, 6) is 0. The molecule has 1 unspecified atom stereocenters. The standard InChI is InChI=1S/C43H25N4/c1-4-16-31-26(12-1)27-13-2-5-17-32(27)43(31)33-18-11-15-30-35-19-9-10-25-44(35)47(40(30)33)41-34(43)24-23-29-28-14-3-6-20-36(28)45-37-21-7-8-22-38(37)46(47)42(45)39(29)41/h1-25H/q+3. The lowest BCUT2D eigenvalue weighted by Gasteiger charge is -2.39. The highest BCUT2D eigenvalue weighted by atomic mass is 15.9. The first kappa shape index (κ1) is 23.3. The Balaban J connectivity index is 1.40. The molecule has 3 aromatic heterocycles. The van der Waals surface area contributed by atoms with Crippen molar-refractivity contribution < 1.29 is 9.35 Å². The van der Waals surface area contributed by atoms with Crippen LogP contribution in [0.1, 0.15) is 22.3 Å². The molecular weight excluding hydrogens is 573 g/mol. The molecule has 0 saturated heterocycles. The highest BCUT2D eigenvalue weighted by molar-refractivity contribution is 6.20. The van der Waals surface area contributed by atoms with Crippen LogP contribution in [0.2, 0.25) is 0 Å². The molecule has 47 heavy (non-hydrogen) atoms. The zero-order valence-corrected chi connectivity index (χ0v) is 25.2. The number of fused-ring (bicyclic) bond motifs is 15. The van der Waals surface area contributed by atoms with Gasteiger partial charge in [-0.2, -0.15) is 4.40 Å². The Bertz CT molecular complexity index is 2940. The minimum absolute atomic E-state index is 0.463. The van der Waals surface area contributed by atoms with Crippen molar-refractivity contribution in [3.63, 3.8) is 0 Å². The second-order valence-electron chi connectivity index (χ2n) is 13.4. The molecule has 2 spiro atoms. The van der Waals surface area contributed by atoms with Crippen molar-refractivity contribution in [1.82, 2.24) is 9.10 Å². The van der Waals surface area contributed by atoms with Crippen LogP contribution in [-0.4, -0.2) is 4.40 Å². The van der Waals surface area contributed by atoms with Gasteiger partial charge >= 0.3 is 5.65 Å². The van der Waals surface area contributed by atoms with E-state index in [2.05, 4.69) is 166 Å². The zero-order valence-electron chi connectivity index (χ0n) is 25.2. The first-order valence-electron chi connectivity index (χ1n) is 16.4. The van der Waals surface area contributed by atoms with Gasteiger partial charge in [0.25, 0.3) is 17.1 Å². The quantitative estimate of drug-likeness (QED) is 0.0944. The average Bonchev–Trinajstić information content (AvgIpc) is 3.83. The van der Waals surface area contributed by atoms with Gasteiger partial charge in [0, 0.05) is 43.4 Å². The smallest absolute Gasteiger partial charge is 0.182 e. The molecule has 0 radical (unpaired) electrons. The normalized spacial score (nSPS) is 18.0. The second-order valence-corrected chi connectivity index (χ2v) is 13.4. The maximum absolute atomic E-state index is 2.64. The lowest BCUT2D eigenvalue weighted by Crippen LogP contribution is -2.82. The third-order valence-electron chi connectivity index (χ3n) is 11.7. The number of pyridine rings is 2. The summed E-state index contributed by atoms with van der Waals surface area (Å²) in [7, 11) is 0. The Kier molecular flexibility index (Phi) is 3.62. The molecule has 214 valence electrons. The van der Waals surface area contributed by atoms with E-state index in [-0.39, 0.29) is 0 Å². The third-order valence-corrected chi connectivity index (χ3v) is 11.7. The molecule has 6 aromatic carbocycles. The van der Waals surface area contributed by atoms with Crippen LogP contribution in [0.25, 0.3) is 60.7 Å². The van der Waals surface area contributed by atoms with E-state index in [1.54, 1.807) is 0 Å². The predicted molar refractivity (Wildman–Crippen MR) is 185 cm³/mol. The first-order chi connectivity index (χ1) is 23.4. The maximum Gasteiger partial charge on any atom is 0.359 e. The number of aromatic nitrogens is 3. The SMILES string of the molecule is c1ccc2c(c1)-c1ccccc1C21c2cccc3c2[N+]2(c4c1ccc1c5ccccc5n5c6ccccc6[n+]2c5c41)[n+]1ccccc1-3. The van der Waals surface area contributed by atoms with Crippen LogP contribution < -0.4 is 14.1 Å². The molecule has 1 atom stereocenters. The molecule has 4 aliphatic rings. The fourth-order valence-corrected chi connectivity index (χ4v) is 10.3. The van der Waals surface area contributed by atoms with Crippen molar-refractivity contribution in [3.05, 3.63) is 174 Å². The molecule has 1 aliphatic carbocycles. The third kappa shape index (κ3) is 2.13. The first-order valence-corrected chi connectivity index (χ1v) is 16.4. The number of para-hydroxylation sites is 4. The maximum atomic E-state index is 2.64. The Morgan fingerprint density at radius 3 is 2.00 bits per heavy atom. The van der Waals surface area contributed by atoms with Crippen molar-refractivity contribution in [1.29, 1.82) is 0 Å². The predicted octanol–water partition coefficient (Wildman–Crippen LogP) is 8.51. The number of quaternary nitrogens is 1. The van der Waals surface area contributed by atoms with Gasteiger partial charge < -0.3 is 0 Å². The van der Waals surface area contributed by atoms with E-state index < -0.39 is 5.41 Å². The van der Waals surface area contributed by atoms with Crippen molar-refractivity contribution >= 4 is 49.7 Å². The Morgan fingerprint density at radius 2 is 1.15 bits per heavy atom. The number of benzene rings is 6. The summed E-state index contributed by atoms with van der Waals surface area (Å²) < 4.78 is 8.18. The van der Waals surface area contributed by atoms with Gasteiger partial charge in [0.1, 0.15) is 15.8 Å². The summed E-state index contributed by atoms with van der Waals surface area (Å²) in [6.45, 7) is 0. The van der Waals surface area contributed by atoms with Gasteiger partial charge in [0.2, 0.25) is 11.7 Å². The molecule has 0 amide bonds. The molecule has 13 rings (SSSR count). The number of rotatable bonds is 0. The van der Waals surface area contributed by atoms with Crippen LogP contribution in [0, 0.1) is 0 Å². The molecule has 9 aromatic rings. The fourth-order valence-electron chi connectivity index (χ4n) is 10.3. The van der Waals surface area contributed by atoms with Gasteiger partial charge in [0.15, 0.2) is 10.9 Å². The van der Waals surface area contributed by atoms with Crippen LogP contribution in [0.5, 0.6) is 0 Å². The highest BCUT2D eigenvalue weighted by Gasteiger charge is 2.74. The van der Waals surface area contributed by atoms with E-state index in [9.17, 15) is 0 Å². The van der Waals surface area contributed by atoms with Gasteiger partial charge in [-0.05, 0) is 52.6 Å². The van der Waals surface area contributed by atoms with Crippen LogP contribution in [0.15, 0.2) is 152 Å². The van der Waals surface area contributed by atoms with Crippen molar-refractivity contribution in [3.8, 4) is 22.4 Å². The largest absolute Gasteiger partial charge is 0.359 e. The summed E-state index contributed by atoms with van der Waals surface area (Å²) in [4.78, 5) is 0. The molecule has 0 bridgehead atoms. The van der Waals surface area contributed by atoms with E-state index in [1.807, 2.05) is 0 Å². The number of hydrogen-bond acceptors (Lipinski definition) is 0. The van der Waals surface area contributed by atoms with Crippen LogP contribution in [-0.2, 0) is 5.41 Å². The van der Waals surface area contributed by atoms with Crippen LogP contribution in [0.4, 0.5) is 11.4 Å². The highest BCUT2D eigenvalue weighted by Crippen LogP contribution is 2.67. The van der Waals surface area contributed by atoms with Crippen molar-refractivity contribution in [2.45, 2.75) is 5.41 Å². The van der Waals surface area contributed by atoms with E-state index in [0.29, 0.717) is 4.70 Å². The van der Waals surface area contributed by atoms with E-state index in [0.717, 1.165) is 0 Å². The Hall–Kier alpha value is -6.10. The average molecular weight is 598 g/mol. The van der Waals surface area contributed by atoms with Crippen LogP contribution in [0.3, 0.4) is 0 Å². The minimum atomic E-state index is -0.463. The lowest BCUT2D eigenvalue weighted by molar-refractivity contribution is -1.01. The van der Waals surface area contributed by atoms with Crippen molar-refractivity contribution in [2.24, 2.45) is 0 Å².